The lowest BCUT2D eigenvalue weighted by Crippen LogP contribution is -1.80. The van der Waals surface area contributed by atoms with E-state index >= 15 is 0 Å². The fourth-order valence-electron chi connectivity index (χ4n) is 0.754. The van der Waals surface area contributed by atoms with E-state index in [0.717, 1.165) is 5.56 Å². The standard InChI is InChI=1S/C9H8O2.H2S/c10-7-9(11)6-8-4-2-1-3-5-8;/h1-7,11H;1H2. The SMILES string of the molecule is O=CC(O)=Cc1ccccc1.S. The van der Waals surface area contributed by atoms with E-state index in [0.29, 0.717) is 6.29 Å². The van der Waals surface area contributed by atoms with Crippen molar-refractivity contribution in [2.24, 2.45) is 0 Å². The van der Waals surface area contributed by atoms with Crippen molar-refractivity contribution in [3.63, 3.8) is 0 Å². The maximum atomic E-state index is 9.99. The maximum Gasteiger partial charge on any atom is 0.184 e. The van der Waals surface area contributed by atoms with Crippen molar-refractivity contribution >= 4 is 25.9 Å². The highest BCUT2D eigenvalue weighted by atomic mass is 32.1. The smallest absolute Gasteiger partial charge is 0.184 e. The van der Waals surface area contributed by atoms with Gasteiger partial charge in [-0.3, -0.25) is 4.79 Å². The largest absolute Gasteiger partial charge is 0.505 e. The number of benzene rings is 1. The molecule has 0 heterocycles. The molecule has 0 amide bonds. The van der Waals surface area contributed by atoms with E-state index in [1.807, 2.05) is 18.2 Å². The molecule has 0 aliphatic carbocycles. The van der Waals surface area contributed by atoms with E-state index in [1.54, 1.807) is 12.1 Å². The second-order valence-corrected chi connectivity index (χ2v) is 2.10. The summed E-state index contributed by atoms with van der Waals surface area (Å²) in [5.74, 6) is -0.254. The van der Waals surface area contributed by atoms with Crippen molar-refractivity contribution in [2.45, 2.75) is 0 Å². The average Bonchev–Trinajstić information content (AvgIpc) is 2.06. The van der Waals surface area contributed by atoms with Gasteiger partial charge in [0.15, 0.2) is 12.0 Å². The monoisotopic (exact) mass is 182 g/mol. The number of aliphatic hydroxyl groups is 1. The van der Waals surface area contributed by atoms with Gasteiger partial charge in [0.05, 0.1) is 0 Å². The van der Waals surface area contributed by atoms with Crippen LogP contribution in [0.15, 0.2) is 36.1 Å². The zero-order valence-electron chi connectivity index (χ0n) is 6.40. The minimum atomic E-state index is -0.254. The number of carbonyl (C=O) groups is 1. The molecule has 0 aliphatic heterocycles. The summed E-state index contributed by atoms with van der Waals surface area (Å²) in [5.41, 5.74) is 0.817. The molecule has 1 aromatic rings. The van der Waals surface area contributed by atoms with Crippen LogP contribution in [-0.2, 0) is 4.79 Å². The van der Waals surface area contributed by atoms with E-state index in [1.165, 1.54) is 6.08 Å². The first-order valence-electron chi connectivity index (χ1n) is 3.24. The third-order valence-corrected chi connectivity index (χ3v) is 1.23. The van der Waals surface area contributed by atoms with Gasteiger partial charge in [0, 0.05) is 0 Å². The van der Waals surface area contributed by atoms with E-state index < -0.39 is 0 Å². The second-order valence-electron chi connectivity index (χ2n) is 2.10. The molecule has 0 saturated carbocycles. The van der Waals surface area contributed by atoms with Crippen molar-refractivity contribution in [2.75, 3.05) is 0 Å². The molecule has 0 saturated heterocycles. The van der Waals surface area contributed by atoms with Gasteiger partial charge in [0.2, 0.25) is 0 Å². The van der Waals surface area contributed by atoms with Crippen LogP contribution in [0, 0.1) is 0 Å². The maximum absolute atomic E-state index is 9.99. The Morgan fingerprint density at radius 1 is 1.25 bits per heavy atom. The summed E-state index contributed by atoms with van der Waals surface area (Å²) in [4.78, 5) is 9.99. The minimum absolute atomic E-state index is 0. The molecule has 12 heavy (non-hydrogen) atoms. The number of carbonyl (C=O) groups excluding carboxylic acids is 1. The van der Waals surface area contributed by atoms with Crippen LogP contribution in [0.5, 0.6) is 0 Å². The van der Waals surface area contributed by atoms with Crippen LogP contribution in [0.3, 0.4) is 0 Å². The molecule has 0 bridgehead atoms. The molecule has 0 atom stereocenters. The molecule has 0 fully saturated rings. The number of hydrogen-bond donors (Lipinski definition) is 1. The number of aliphatic hydroxyl groups excluding tert-OH is 1. The first-order valence-corrected chi connectivity index (χ1v) is 3.24. The molecule has 64 valence electrons. The molecule has 1 N–H and O–H groups in total. The Kier molecular flexibility index (Phi) is 4.88. The molecule has 0 aliphatic rings. The highest BCUT2D eigenvalue weighted by Gasteiger charge is 1.88. The Bertz CT molecular complexity index is 267. The quantitative estimate of drug-likeness (QED) is 0.431. The van der Waals surface area contributed by atoms with Gasteiger partial charge in [-0.25, -0.2) is 0 Å². The zero-order valence-corrected chi connectivity index (χ0v) is 7.40. The van der Waals surface area contributed by atoms with Crippen molar-refractivity contribution in [1.29, 1.82) is 0 Å². The number of aldehydes is 1. The van der Waals surface area contributed by atoms with Crippen LogP contribution in [0.25, 0.3) is 6.08 Å². The average molecular weight is 182 g/mol. The molecule has 0 unspecified atom stereocenters. The van der Waals surface area contributed by atoms with Crippen LogP contribution in [0.4, 0.5) is 0 Å². The molecule has 0 aromatic heterocycles. The molecule has 1 rings (SSSR count). The van der Waals surface area contributed by atoms with Gasteiger partial charge >= 0.3 is 0 Å². The van der Waals surface area contributed by atoms with E-state index in [-0.39, 0.29) is 19.3 Å². The Labute approximate surface area is 78.0 Å². The van der Waals surface area contributed by atoms with Gasteiger partial charge in [-0.1, -0.05) is 30.3 Å². The fourth-order valence-corrected chi connectivity index (χ4v) is 0.754. The highest BCUT2D eigenvalue weighted by Crippen LogP contribution is 2.02. The Morgan fingerprint density at radius 3 is 2.33 bits per heavy atom. The first kappa shape index (κ1) is 10.8. The Hall–Kier alpha value is -1.22. The molecule has 2 nitrogen and oxygen atoms in total. The van der Waals surface area contributed by atoms with Crippen LogP contribution in [0.2, 0.25) is 0 Å². The van der Waals surface area contributed by atoms with Crippen LogP contribution in [-0.4, -0.2) is 11.4 Å². The summed E-state index contributed by atoms with van der Waals surface area (Å²) in [6.07, 6.45) is 1.82. The Balaban J connectivity index is 0.00000121. The van der Waals surface area contributed by atoms with Crippen molar-refractivity contribution in [3.05, 3.63) is 41.7 Å². The summed E-state index contributed by atoms with van der Waals surface area (Å²) in [6, 6.07) is 9.16. The lowest BCUT2D eigenvalue weighted by Gasteiger charge is -1.90. The summed E-state index contributed by atoms with van der Waals surface area (Å²) < 4.78 is 0. The minimum Gasteiger partial charge on any atom is -0.505 e. The molecule has 3 heteroatoms. The lowest BCUT2D eigenvalue weighted by atomic mass is 10.2. The molecular formula is C9H10O2S. The Morgan fingerprint density at radius 2 is 1.83 bits per heavy atom. The fraction of sp³-hybridized carbons (Fsp3) is 0. The molecule has 0 spiro atoms. The summed E-state index contributed by atoms with van der Waals surface area (Å²) in [6.45, 7) is 0. The van der Waals surface area contributed by atoms with Crippen molar-refractivity contribution < 1.29 is 9.90 Å². The molecule has 1 aromatic carbocycles. The van der Waals surface area contributed by atoms with Crippen molar-refractivity contribution in [1.82, 2.24) is 0 Å². The third-order valence-electron chi connectivity index (χ3n) is 1.23. The number of allylic oxidation sites excluding steroid dienone is 1. The predicted octanol–water partition coefficient (Wildman–Crippen LogP) is 1.90. The summed E-state index contributed by atoms with van der Waals surface area (Å²) >= 11 is 0. The normalized spacial score (nSPS) is 10.2. The summed E-state index contributed by atoms with van der Waals surface area (Å²) in [5, 5.41) is 8.80. The van der Waals surface area contributed by atoms with Gasteiger partial charge in [-0.05, 0) is 11.6 Å². The van der Waals surface area contributed by atoms with Gasteiger partial charge in [0.1, 0.15) is 0 Å². The van der Waals surface area contributed by atoms with E-state index in [4.69, 9.17) is 5.11 Å². The van der Waals surface area contributed by atoms with E-state index in [9.17, 15) is 4.79 Å². The predicted molar refractivity (Wildman–Crippen MR) is 53.5 cm³/mol. The zero-order chi connectivity index (χ0) is 8.10. The topological polar surface area (TPSA) is 37.3 Å². The second kappa shape index (κ2) is 5.43. The summed E-state index contributed by atoms with van der Waals surface area (Å²) in [7, 11) is 0. The number of rotatable bonds is 2. The molecule has 0 radical (unpaired) electrons. The molecular weight excluding hydrogens is 172 g/mol. The highest BCUT2D eigenvalue weighted by molar-refractivity contribution is 7.59. The van der Waals surface area contributed by atoms with Crippen LogP contribution in [0.1, 0.15) is 5.56 Å². The van der Waals surface area contributed by atoms with Gasteiger partial charge < -0.3 is 5.11 Å². The van der Waals surface area contributed by atoms with Gasteiger partial charge in [0.25, 0.3) is 0 Å². The third kappa shape index (κ3) is 3.25. The van der Waals surface area contributed by atoms with Gasteiger partial charge in [-0.15, -0.1) is 0 Å². The van der Waals surface area contributed by atoms with Crippen LogP contribution < -0.4 is 0 Å². The van der Waals surface area contributed by atoms with E-state index in [2.05, 4.69) is 0 Å². The van der Waals surface area contributed by atoms with Gasteiger partial charge in [-0.2, -0.15) is 13.5 Å². The van der Waals surface area contributed by atoms with Crippen molar-refractivity contribution in [3.8, 4) is 0 Å². The first-order chi connectivity index (χ1) is 5.33. The number of hydrogen-bond acceptors (Lipinski definition) is 2. The van der Waals surface area contributed by atoms with Crippen LogP contribution >= 0.6 is 13.5 Å². The lowest BCUT2D eigenvalue weighted by molar-refractivity contribution is -0.106.